The molecule has 0 spiro atoms. The average Bonchev–Trinajstić information content (AvgIpc) is 2.43. The Morgan fingerprint density at radius 3 is 2.32 bits per heavy atom. The molecule has 1 aliphatic rings. The van der Waals surface area contributed by atoms with Gasteiger partial charge in [0.15, 0.2) is 0 Å². The number of amides is 1. The molecule has 0 aromatic carbocycles. The number of rotatable bonds is 5. The van der Waals surface area contributed by atoms with Crippen molar-refractivity contribution in [3.63, 3.8) is 0 Å². The molecule has 19 heavy (non-hydrogen) atoms. The third kappa shape index (κ3) is 4.22. The van der Waals surface area contributed by atoms with Crippen LogP contribution in [0.3, 0.4) is 0 Å². The Balaban J connectivity index is 2.58. The molecule has 6 nitrogen and oxygen atoms in total. The van der Waals surface area contributed by atoms with E-state index < -0.39 is 17.8 Å². The van der Waals surface area contributed by atoms with Gasteiger partial charge in [0.2, 0.25) is 5.91 Å². The second kappa shape index (κ2) is 7.11. The van der Waals surface area contributed by atoms with Gasteiger partial charge >= 0.3 is 11.9 Å². The van der Waals surface area contributed by atoms with Crippen LogP contribution in [0, 0.1) is 11.8 Å². The second-order valence-corrected chi connectivity index (χ2v) is 4.92. The Hall–Kier alpha value is -1.59. The summed E-state index contributed by atoms with van der Waals surface area (Å²) in [7, 11) is 2.89. The van der Waals surface area contributed by atoms with Gasteiger partial charge < -0.3 is 14.7 Å². The number of carboxylic acids is 1. The number of carboxylic acid groups (broad SMARTS) is 1. The molecule has 1 amide bonds. The zero-order valence-corrected chi connectivity index (χ0v) is 11.4. The minimum Gasteiger partial charge on any atom is -0.481 e. The Morgan fingerprint density at radius 2 is 1.79 bits per heavy atom. The van der Waals surface area contributed by atoms with Crippen LogP contribution in [0.15, 0.2) is 0 Å². The summed E-state index contributed by atoms with van der Waals surface area (Å²) in [4.78, 5) is 35.9. The zero-order chi connectivity index (χ0) is 14.4. The summed E-state index contributed by atoms with van der Waals surface area (Å²) in [6, 6.07) is 0. The van der Waals surface area contributed by atoms with Gasteiger partial charge in [0.1, 0.15) is 0 Å². The molecule has 0 heterocycles. The summed E-state index contributed by atoms with van der Waals surface area (Å²) in [5.41, 5.74) is 0. The highest BCUT2D eigenvalue weighted by Gasteiger charge is 2.36. The number of ether oxygens (including phenoxy) is 1. The lowest BCUT2D eigenvalue weighted by atomic mass is 9.78. The van der Waals surface area contributed by atoms with Crippen molar-refractivity contribution in [2.45, 2.75) is 32.1 Å². The first-order valence-corrected chi connectivity index (χ1v) is 6.52. The molecule has 0 bridgehead atoms. The van der Waals surface area contributed by atoms with Crippen molar-refractivity contribution < 1.29 is 24.2 Å². The van der Waals surface area contributed by atoms with E-state index in [2.05, 4.69) is 4.74 Å². The summed E-state index contributed by atoms with van der Waals surface area (Å²) in [5.74, 6) is -2.52. The highest BCUT2D eigenvalue weighted by molar-refractivity contribution is 5.85. The van der Waals surface area contributed by atoms with E-state index >= 15 is 0 Å². The average molecular weight is 271 g/mol. The van der Waals surface area contributed by atoms with Crippen LogP contribution in [0.5, 0.6) is 0 Å². The minimum absolute atomic E-state index is 0.128. The molecule has 0 aliphatic heterocycles. The summed E-state index contributed by atoms with van der Waals surface area (Å²) in [6.45, 7) is 0.258. The fourth-order valence-corrected chi connectivity index (χ4v) is 2.48. The van der Waals surface area contributed by atoms with Crippen LogP contribution in [0.2, 0.25) is 0 Å². The van der Waals surface area contributed by atoms with Gasteiger partial charge in [0.25, 0.3) is 0 Å². The Labute approximate surface area is 112 Å². The lowest BCUT2D eigenvalue weighted by Gasteiger charge is -2.30. The summed E-state index contributed by atoms with van der Waals surface area (Å²) >= 11 is 0. The van der Waals surface area contributed by atoms with Crippen LogP contribution in [0.4, 0.5) is 0 Å². The standard InChI is InChI=1S/C13H21NO5/c1-14(8-7-11(15)19-2)12(16)9-5-3-4-6-10(9)13(17)18/h9-10H,3-8H2,1-2H3,(H,17,18). The van der Waals surface area contributed by atoms with E-state index in [1.54, 1.807) is 7.05 Å². The molecule has 1 N–H and O–H groups in total. The molecular weight excluding hydrogens is 250 g/mol. The quantitative estimate of drug-likeness (QED) is 0.751. The smallest absolute Gasteiger partial charge is 0.307 e. The van der Waals surface area contributed by atoms with Crippen molar-refractivity contribution in [1.82, 2.24) is 4.90 Å². The first-order valence-electron chi connectivity index (χ1n) is 6.52. The van der Waals surface area contributed by atoms with Gasteiger partial charge in [-0.15, -0.1) is 0 Å². The molecule has 1 rings (SSSR count). The van der Waals surface area contributed by atoms with E-state index in [1.807, 2.05) is 0 Å². The first kappa shape index (κ1) is 15.5. The van der Waals surface area contributed by atoms with Crippen LogP contribution in [0.25, 0.3) is 0 Å². The van der Waals surface area contributed by atoms with Gasteiger partial charge in [-0.3, -0.25) is 14.4 Å². The van der Waals surface area contributed by atoms with Crippen molar-refractivity contribution in [3.8, 4) is 0 Å². The summed E-state index contributed by atoms with van der Waals surface area (Å²) < 4.78 is 4.51. The van der Waals surface area contributed by atoms with Crippen molar-refractivity contribution in [3.05, 3.63) is 0 Å². The molecule has 1 aliphatic carbocycles. The molecule has 108 valence electrons. The maximum Gasteiger partial charge on any atom is 0.307 e. The topological polar surface area (TPSA) is 83.9 Å². The van der Waals surface area contributed by atoms with E-state index in [4.69, 9.17) is 5.11 Å². The molecule has 0 radical (unpaired) electrons. The maximum atomic E-state index is 12.2. The summed E-state index contributed by atoms with van der Waals surface area (Å²) in [6.07, 6.45) is 3.02. The van der Waals surface area contributed by atoms with Crippen molar-refractivity contribution in [1.29, 1.82) is 0 Å². The Bertz CT molecular complexity index is 355. The number of nitrogens with zero attached hydrogens (tertiary/aromatic N) is 1. The molecule has 0 aromatic heterocycles. The third-order valence-corrected chi connectivity index (χ3v) is 3.66. The number of hydrogen-bond acceptors (Lipinski definition) is 4. The predicted molar refractivity (Wildman–Crippen MR) is 67.4 cm³/mol. The number of aliphatic carboxylic acids is 1. The Morgan fingerprint density at radius 1 is 1.21 bits per heavy atom. The monoisotopic (exact) mass is 271 g/mol. The SMILES string of the molecule is COC(=O)CCN(C)C(=O)C1CCCCC1C(=O)O. The van der Waals surface area contributed by atoms with Gasteiger partial charge in [0, 0.05) is 13.6 Å². The van der Waals surface area contributed by atoms with Crippen LogP contribution in [0.1, 0.15) is 32.1 Å². The number of carbonyl (C=O) groups is 3. The normalized spacial score (nSPS) is 22.6. The highest BCUT2D eigenvalue weighted by Crippen LogP contribution is 2.31. The van der Waals surface area contributed by atoms with Crippen molar-refractivity contribution in [2.75, 3.05) is 20.7 Å². The van der Waals surface area contributed by atoms with E-state index in [0.29, 0.717) is 12.8 Å². The summed E-state index contributed by atoms with van der Waals surface area (Å²) in [5, 5.41) is 9.15. The van der Waals surface area contributed by atoms with Gasteiger partial charge in [0.05, 0.1) is 25.4 Å². The zero-order valence-electron chi connectivity index (χ0n) is 11.4. The largest absolute Gasteiger partial charge is 0.481 e. The molecular formula is C13H21NO5. The predicted octanol–water partition coefficient (Wildman–Crippen LogP) is 0.899. The highest BCUT2D eigenvalue weighted by atomic mass is 16.5. The third-order valence-electron chi connectivity index (χ3n) is 3.66. The van der Waals surface area contributed by atoms with E-state index in [9.17, 15) is 14.4 Å². The number of carbonyl (C=O) groups excluding carboxylic acids is 2. The van der Waals surface area contributed by atoms with Crippen LogP contribution in [-0.4, -0.2) is 48.6 Å². The van der Waals surface area contributed by atoms with Gasteiger partial charge in [-0.25, -0.2) is 0 Å². The molecule has 1 fully saturated rings. The van der Waals surface area contributed by atoms with Gasteiger partial charge in [-0.05, 0) is 12.8 Å². The lowest BCUT2D eigenvalue weighted by molar-refractivity contribution is -0.152. The second-order valence-electron chi connectivity index (χ2n) is 4.92. The molecule has 6 heteroatoms. The molecule has 0 aromatic rings. The van der Waals surface area contributed by atoms with Crippen LogP contribution < -0.4 is 0 Å². The molecule has 1 saturated carbocycles. The molecule has 2 atom stereocenters. The maximum absolute atomic E-state index is 12.2. The van der Waals surface area contributed by atoms with E-state index in [-0.39, 0.29) is 24.8 Å². The van der Waals surface area contributed by atoms with Crippen molar-refractivity contribution >= 4 is 17.8 Å². The van der Waals surface area contributed by atoms with Gasteiger partial charge in [-0.1, -0.05) is 12.8 Å². The van der Waals surface area contributed by atoms with Gasteiger partial charge in [-0.2, -0.15) is 0 Å². The molecule has 2 unspecified atom stereocenters. The fraction of sp³-hybridized carbons (Fsp3) is 0.769. The van der Waals surface area contributed by atoms with Crippen molar-refractivity contribution in [2.24, 2.45) is 11.8 Å². The number of methoxy groups -OCH3 is 1. The fourth-order valence-electron chi connectivity index (χ4n) is 2.48. The van der Waals surface area contributed by atoms with Crippen LogP contribution in [-0.2, 0) is 19.1 Å². The number of hydrogen-bond donors (Lipinski definition) is 1. The van der Waals surface area contributed by atoms with Crippen LogP contribution >= 0.6 is 0 Å². The minimum atomic E-state index is -0.903. The molecule has 0 saturated heterocycles. The first-order chi connectivity index (χ1) is 8.97. The number of esters is 1. The van der Waals surface area contributed by atoms with E-state index in [0.717, 1.165) is 12.8 Å². The Kier molecular flexibility index (Phi) is 5.79. The lowest BCUT2D eigenvalue weighted by Crippen LogP contribution is -2.41. The van der Waals surface area contributed by atoms with E-state index in [1.165, 1.54) is 12.0 Å².